The van der Waals surface area contributed by atoms with E-state index < -0.39 is 11.6 Å². The van der Waals surface area contributed by atoms with E-state index in [9.17, 15) is 8.78 Å². The highest BCUT2D eigenvalue weighted by molar-refractivity contribution is 5.45. The molecule has 1 aromatic rings. The Bertz CT molecular complexity index is 342. The van der Waals surface area contributed by atoms with Gasteiger partial charge in [-0.25, -0.2) is 8.78 Å². The molecule has 1 atom stereocenters. The maximum atomic E-state index is 13.4. The predicted molar refractivity (Wildman–Crippen MR) is 60.5 cm³/mol. The first-order chi connectivity index (χ1) is 7.56. The zero-order valence-electron chi connectivity index (χ0n) is 9.76. The molecule has 1 aromatic carbocycles. The van der Waals surface area contributed by atoms with Crippen LogP contribution in [0.2, 0.25) is 0 Å². The number of anilines is 1. The lowest BCUT2D eigenvalue weighted by atomic mass is 10.0. The van der Waals surface area contributed by atoms with Gasteiger partial charge in [0.15, 0.2) is 11.6 Å². The molecule has 0 aliphatic carbocycles. The Hall–Kier alpha value is -1.16. The number of nitrogens with one attached hydrogen (secondary N) is 1. The van der Waals surface area contributed by atoms with E-state index >= 15 is 0 Å². The fourth-order valence-corrected chi connectivity index (χ4v) is 1.40. The topological polar surface area (TPSA) is 21.3 Å². The van der Waals surface area contributed by atoms with Gasteiger partial charge in [-0.05, 0) is 18.1 Å². The van der Waals surface area contributed by atoms with E-state index in [-0.39, 0.29) is 17.6 Å². The molecule has 0 heterocycles. The average molecular weight is 229 g/mol. The number of halogens is 2. The molecule has 1 N–H and O–H groups in total. The molecule has 0 spiro atoms. The molecule has 0 aromatic heterocycles. The monoisotopic (exact) mass is 229 g/mol. The van der Waals surface area contributed by atoms with Gasteiger partial charge in [-0.3, -0.25) is 0 Å². The third-order valence-electron chi connectivity index (χ3n) is 2.44. The van der Waals surface area contributed by atoms with Crippen molar-refractivity contribution in [3.8, 4) is 0 Å². The van der Waals surface area contributed by atoms with Crippen LogP contribution in [0, 0.1) is 17.6 Å². The number of hydrogen-bond donors (Lipinski definition) is 1. The van der Waals surface area contributed by atoms with Gasteiger partial charge < -0.3 is 10.1 Å². The van der Waals surface area contributed by atoms with E-state index in [1.54, 1.807) is 7.11 Å². The Morgan fingerprint density at radius 3 is 2.56 bits per heavy atom. The highest BCUT2D eigenvalue weighted by Crippen LogP contribution is 2.19. The van der Waals surface area contributed by atoms with E-state index in [4.69, 9.17) is 4.74 Å². The van der Waals surface area contributed by atoms with Crippen molar-refractivity contribution in [3.05, 3.63) is 29.8 Å². The summed E-state index contributed by atoms with van der Waals surface area (Å²) in [6.07, 6.45) is 0. The Balaban J connectivity index is 2.81. The zero-order valence-corrected chi connectivity index (χ0v) is 9.76. The molecule has 0 aliphatic heterocycles. The van der Waals surface area contributed by atoms with Crippen LogP contribution in [0.15, 0.2) is 18.2 Å². The standard InChI is InChI=1S/C12H17F2NO/c1-8(2)11(7-16-3)15-10-6-4-5-9(13)12(10)14/h4-6,8,11,15H,7H2,1-3H3. The van der Waals surface area contributed by atoms with Crippen LogP contribution in [0.1, 0.15) is 13.8 Å². The summed E-state index contributed by atoms with van der Waals surface area (Å²) in [6, 6.07) is 4.05. The Labute approximate surface area is 94.6 Å². The van der Waals surface area contributed by atoms with Crippen molar-refractivity contribution in [3.63, 3.8) is 0 Å². The number of rotatable bonds is 5. The van der Waals surface area contributed by atoms with Gasteiger partial charge in [-0.1, -0.05) is 19.9 Å². The Morgan fingerprint density at radius 2 is 2.00 bits per heavy atom. The van der Waals surface area contributed by atoms with E-state index in [1.807, 2.05) is 13.8 Å². The summed E-state index contributed by atoms with van der Waals surface area (Å²) in [5, 5.41) is 2.95. The fraction of sp³-hybridized carbons (Fsp3) is 0.500. The molecule has 2 nitrogen and oxygen atoms in total. The molecule has 0 aliphatic rings. The van der Waals surface area contributed by atoms with E-state index in [1.165, 1.54) is 12.1 Å². The molecule has 4 heteroatoms. The molecule has 0 saturated carbocycles. The molecule has 0 radical (unpaired) electrons. The van der Waals surface area contributed by atoms with Crippen LogP contribution in [0.4, 0.5) is 14.5 Å². The van der Waals surface area contributed by atoms with Crippen molar-refractivity contribution in [2.75, 3.05) is 19.0 Å². The van der Waals surface area contributed by atoms with Crippen LogP contribution >= 0.6 is 0 Å². The van der Waals surface area contributed by atoms with Gasteiger partial charge in [0.2, 0.25) is 0 Å². The first-order valence-electron chi connectivity index (χ1n) is 5.25. The molecule has 0 bridgehead atoms. The predicted octanol–water partition coefficient (Wildman–Crippen LogP) is 3.05. The number of benzene rings is 1. The van der Waals surface area contributed by atoms with Gasteiger partial charge in [-0.2, -0.15) is 0 Å². The fourth-order valence-electron chi connectivity index (χ4n) is 1.40. The molecule has 0 fully saturated rings. The lowest BCUT2D eigenvalue weighted by molar-refractivity contribution is 0.171. The second-order valence-electron chi connectivity index (χ2n) is 4.05. The largest absolute Gasteiger partial charge is 0.383 e. The summed E-state index contributed by atoms with van der Waals surface area (Å²) in [5.74, 6) is -1.42. The number of methoxy groups -OCH3 is 1. The minimum atomic E-state index is -0.843. The first kappa shape index (κ1) is 12.9. The molecule has 0 saturated heterocycles. The molecule has 16 heavy (non-hydrogen) atoms. The lowest BCUT2D eigenvalue weighted by Crippen LogP contribution is -2.30. The minimum absolute atomic E-state index is 0.0405. The molecular weight excluding hydrogens is 212 g/mol. The highest BCUT2D eigenvalue weighted by Gasteiger charge is 2.16. The summed E-state index contributed by atoms with van der Waals surface area (Å²) >= 11 is 0. The van der Waals surface area contributed by atoms with Crippen molar-refractivity contribution < 1.29 is 13.5 Å². The summed E-state index contributed by atoms with van der Waals surface area (Å²) in [5.41, 5.74) is 0.177. The zero-order chi connectivity index (χ0) is 12.1. The summed E-state index contributed by atoms with van der Waals surface area (Å²) in [6.45, 7) is 4.44. The van der Waals surface area contributed by atoms with Crippen LogP contribution in [0.25, 0.3) is 0 Å². The van der Waals surface area contributed by atoms with Crippen molar-refractivity contribution in [2.24, 2.45) is 5.92 Å². The maximum Gasteiger partial charge on any atom is 0.181 e. The summed E-state index contributed by atoms with van der Waals surface area (Å²) in [4.78, 5) is 0. The van der Waals surface area contributed by atoms with E-state index in [0.717, 1.165) is 6.07 Å². The summed E-state index contributed by atoms with van der Waals surface area (Å²) in [7, 11) is 1.58. The van der Waals surface area contributed by atoms with Gasteiger partial charge >= 0.3 is 0 Å². The van der Waals surface area contributed by atoms with Gasteiger partial charge in [0.1, 0.15) is 0 Å². The van der Waals surface area contributed by atoms with Crippen molar-refractivity contribution in [1.29, 1.82) is 0 Å². The minimum Gasteiger partial charge on any atom is -0.383 e. The highest BCUT2D eigenvalue weighted by atomic mass is 19.2. The second kappa shape index (κ2) is 5.80. The first-order valence-corrected chi connectivity index (χ1v) is 5.25. The third-order valence-corrected chi connectivity index (χ3v) is 2.44. The number of hydrogen-bond acceptors (Lipinski definition) is 2. The normalized spacial score (nSPS) is 12.9. The Morgan fingerprint density at radius 1 is 1.31 bits per heavy atom. The molecular formula is C12H17F2NO. The maximum absolute atomic E-state index is 13.4. The average Bonchev–Trinajstić information content (AvgIpc) is 2.23. The van der Waals surface area contributed by atoms with Crippen molar-refractivity contribution in [1.82, 2.24) is 0 Å². The van der Waals surface area contributed by atoms with Crippen LogP contribution in [-0.4, -0.2) is 19.8 Å². The van der Waals surface area contributed by atoms with Crippen LogP contribution in [0.3, 0.4) is 0 Å². The van der Waals surface area contributed by atoms with Gasteiger partial charge in [0.25, 0.3) is 0 Å². The van der Waals surface area contributed by atoms with Crippen LogP contribution in [-0.2, 0) is 4.74 Å². The molecule has 1 rings (SSSR count). The third kappa shape index (κ3) is 3.17. The van der Waals surface area contributed by atoms with Gasteiger partial charge in [-0.15, -0.1) is 0 Å². The SMILES string of the molecule is COCC(Nc1cccc(F)c1F)C(C)C. The van der Waals surface area contributed by atoms with Gasteiger partial charge in [0.05, 0.1) is 18.3 Å². The van der Waals surface area contributed by atoms with Gasteiger partial charge in [0, 0.05) is 7.11 Å². The smallest absolute Gasteiger partial charge is 0.181 e. The lowest BCUT2D eigenvalue weighted by Gasteiger charge is -2.23. The molecule has 1 unspecified atom stereocenters. The quantitative estimate of drug-likeness (QED) is 0.837. The molecule has 0 amide bonds. The van der Waals surface area contributed by atoms with E-state index in [2.05, 4.69) is 5.32 Å². The second-order valence-corrected chi connectivity index (χ2v) is 4.05. The number of ether oxygens (including phenoxy) is 1. The van der Waals surface area contributed by atoms with Crippen molar-refractivity contribution in [2.45, 2.75) is 19.9 Å². The Kier molecular flexibility index (Phi) is 4.68. The van der Waals surface area contributed by atoms with Crippen molar-refractivity contribution >= 4 is 5.69 Å². The van der Waals surface area contributed by atoms with Crippen LogP contribution < -0.4 is 5.32 Å². The van der Waals surface area contributed by atoms with E-state index in [0.29, 0.717) is 6.61 Å². The van der Waals surface area contributed by atoms with Crippen LogP contribution in [0.5, 0.6) is 0 Å². The summed E-state index contributed by atoms with van der Waals surface area (Å²) < 4.78 is 31.4. The molecule has 90 valence electrons.